The van der Waals surface area contributed by atoms with E-state index in [1.807, 2.05) is 31.2 Å². The third-order valence-corrected chi connectivity index (χ3v) is 4.19. The monoisotopic (exact) mass is 358 g/mol. The van der Waals surface area contributed by atoms with E-state index in [0.717, 1.165) is 17.3 Å². The minimum Gasteiger partial charge on any atom is -0.508 e. The van der Waals surface area contributed by atoms with Gasteiger partial charge in [-0.15, -0.1) is 0 Å². The molecule has 2 amide bonds. The molecule has 0 spiro atoms. The topological polar surface area (TPSA) is 92.4 Å². The summed E-state index contributed by atoms with van der Waals surface area (Å²) in [6, 6.07) is 11.0. The summed E-state index contributed by atoms with van der Waals surface area (Å²) >= 11 is 0. The molecule has 0 saturated heterocycles. The van der Waals surface area contributed by atoms with Crippen molar-refractivity contribution in [2.75, 3.05) is 5.32 Å². The number of aromatic hydroxyl groups is 1. The molecule has 0 fully saturated rings. The second-order valence-electron chi connectivity index (χ2n) is 6.32. The van der Waals surface area contributed by atoms with Gasteiger partial charge >= 0.3 is 0 Å². The number of phenolic OH excluding ortho intramolecular Hbond substituents is 1. The number of carbonyl (C=O) groups is 2. The van der Waals surface area contributed by atoms with Gasteiger partial charge in [0.2, 0.25) is 11.8 Å². The van der Waals surface area contributed by atoms with Crippen LogP contribution in [0.3, 0.4) is 0 Å². The second kappa shape index (κ2) is 8.99. The Morgan fingerprint density at radius 2 is 1.85 bits per heavy atom. The lowest BCUT2D eigenvalue weighted by molar-refractivity contribution is -0.119. The van der Waals surface area contributed by atoms with Gasteiger partial charge in [0.15, 0.2) is 0 Å². The summed E-state index contributed by atoms with van der Waals surface area (Å²) in [5, 5.41) is 12.6. The van der Waals surface area contributed by atoms with Gasteiger partial charge in [-0.1, -0.05) is 30.2 Å². The number of hydrogen-bond acceptors (Lipinski definition) is 3. The van der Waals surface area contributed by atoms with E-state index < -0.39 is 17.6 Å². The lowest BCUT2D eigenvalue weighted by Gasteiger charge is -2.15. The summed E-state index contributed by atoms with van der Waals surface area (Å²) in [5.41, 5.74) is 7.58. The molecule has 1 unspecified atom stereocenters. The molecule has 2 rings (SSSR count). The number of nitrogens with one attached hydrogen (secondary N) is 1. The number of amides is 2. The van der Waals surface area contributed by atoms with E-state index in [-0.39, 0.29) is 11.7 Å². The Labute approximate surface area is 152 Å². The number of benzene rings is 2. The van der Waals surface area contributed by atoms with Crippen molar-refractivity contribution in [2.45, 2.75) is 38.5 Å². The SMILES string of the molecule is Cc1ccc(NC(=O)CCCCC(C(N)=O)c2ccc(F)cc2O)cc1. The van der Waals surface area contributed by atoms with Gasteiger partial charge in [0.05, 0.1) is 5.92 Å². The molecule has 1 atom stereocenters. The van der Waals surface area contributed by atoms with Crippen LogP contribution in [0.4, 0.5) is 10.1 Å². The van der Waals surface area contributed by atoms with Gasteiger partial charge < -0.3 is 16.2 Å². The molecular weight excluding hydrogens is 335 g/mol. The fourth-order valence-corrected chi connectivity index (χ4v) is 2.76. The lowest BCUT2D eigenvalue weighted by atomic mass is 9.91. The first-order valence-corrected chi connectivity index (χ1v) is 8.51. The number of aryl methyl sites for hydroxylation is 1. The minimum absolute atomic E-state index is 0.103. The van der Waals surface area contributed by atoms with Crippen molar-refractivity contribution in [1.82, 2.24) is 0 Å². The van der Waals surface area contributed by atoms with Crippen LogP contribution in [-0.2, 0) is 9.59 Å². The van der Waals surface area contributed by atoms with Crippen LogP contribution in [0.15, 0.2) is 42.5 Å². The van der Waals surface area contributed by atoms with Gasteiger partial charge in [-0.05, 0) is 38.0 Å². The van der Waals surface area contributed by atoms with E-state index >= 15 is 0 Å². The minimum atomic E-state index is -0.712. The van der Waals surface area contributed by atoms with E-state index in [2.05, 4.69) is 5.32 Å². The van der Waals surface area contributed by atoms with Crippen LogP contribution >= 0.6 is 0 Å². The average molecular weight is 358 g/mol. The number of anilines is 1. The summed E-state index contributed by atoms with van der Waals surface area (Å²) in [6.45, 7) is 1.97. The van der Waals surface area contributed by atoms with Crippen molar-refractivity contribution in [3.8, 4) is 5.75 Å². The summed E-state index contributed by atoms with van der Waals surface area (Å²) in [6.07, 6.45) is 1.84. The summed E-state index contributed by atoms with van der Waals surface area (Å²) in [4.78, 5) is 23.6. The third kappa shape index (κ3) is 5.58. The van der Waals surface area contributed by atoms with Gasteiger partial charge in [0, 0.05) is 23.7 Å². The van der Waals surface area contributed by atoms with Crippen LogP contribution in [0.1, 0.15) is 42.7 Å². The Kier molecular flexibility index (Phi) is 6.72. The van der Waals surface area contributed by atoms with E-state index in [1.165, 1.54) is 12.1 Å². The first-order valence-electron chi connectivity index (χ1n) is 8.51. The van der Waals surface area contributed by atoms with E-state index in [0.29, 0.717) is 31.2 Å². The summed E-state index contributed by atoms with van der Waals surface area (Å²) < 4.78 is 13.1. The Morgan fingerprint density at radius 1 is 1.15 bits per heavy atom. The van der Waals surface area contributed by atoms with Gasteiger partial charge in [-0.2, -0.15) is 0 Å². The highest BCUT2D eigenvalue weighted by Crippen LogP contribution is 2.30. The zero-order chi connectivity index (χ0) is 19.1. The predicted molar refractivity (Wildman–Crippen MR) is 98.3 cm³/mol. The standard InChI is InChI=1S/C20H23FN2O3/c1-13-6-9-15(10-7-13)23-19(25)5-3-2-4-17(20(22)26)16-11-8-14(21)12-18(16)24/h6-12,17,24H,2-5H2,1H3,(H2,22,26)(H,23,25). The molecule has 2 aromatic rings. The number of primary amides is 1. The maximum atomic E-state index is 13.1. The van der Waals surface area contributed by atoms with Gasteiger partial charge in [-0.25, -0.2) is 4.39 Å². The first kappa shape index (κ1) is 19.4. The number of halogens is 1. The molecule has 0 bridgehead atoms. The molecule has 2 aromatic carbocycles. The molecule has 0 radical (unpaired) electrons. The number of unbranched alkanes of at least 4 members (excludes halogenated alkanes) is 1. The van der Waals surface area contributed by atoms with Crippen LogP contribution in [0, 0.1) is 12.7 Å². The summed E-state index contributed by atoms with van der Waals surface area (Å²) in [5.74, 6) is -2.27. The molecule has 138 valence electrons. The lowest BCUT2D eigenvalue weighted by Crippen LogP contribution is -2.21. The fourth-order valence-electron chi connectivity index (χ4n) is 2.76. The normalized spacial score (nSPS) is 11.8. The number of hydrogen-bond donors (Lipinski definition) is 3. The zero-order valence-corrected chi connectivity index (χ0v) is 14.7. The second-order valence-corrected chi connectivity index (χ2v) is 6.32. The Balaban J connectivity index is 1.83. The van der Waals surface area contributed by atoms with Gasteiger partial charge in [-0.3, -0.25) is 9.59 Å². The van der Waals surface area contributed by atoms with Gasteiger partial charge in [0.1, 0.15) is 11.6 Å². The smallest absolute Gasteiger partial charge is 0.225 e. The number of rotatable bonds is 8. The molecule has 0 aromatic heterocycles. The van der Waals surface area contributed by atoms with Crippen molar-refractivity contribution in [3.63, 3.8) is 0 Å². The molecule has 0 aliphatic heterocycles. The van der Waals surface area contributed by atoms with Crippen LogP contribution in [-0.4, -0.2) is 16.9 Å². The molecule has 0 aliphatic rings. The summed E-state index contributed by atoms with van der Waals surface area (Å²) in [7, 11) is 0. The highest BCUT2D eigenvalue weighted by atomic mass is 19.1. The van der Waals surface area contributed by atoms with E-state index in [4.69, 9.17) is 5.73 Å². The fraction of sp³-hybridized carbons (Fsp3) is 0.300. The highest BCUT2D eigenvalue weighted by molar-refractivity contribution is 5.90. The van der Waals surface area contributed by atoms with Crippen molar-refractivity contribution in [1.29, 1.82) is 0 Å². The van der Waals surface area contributed by atoms with E-state index in [1.54, 1.807) is 0 Å². The van der Waals surface area contributed by atoms with Crippen molar-refractivity contribution in [3.05, 3.63) is 59.4 Å². The third-order valence-electron chi connectivity index (χ3n) is 4.19. The van der Waals surface area contributed by atoms with Crippen LogP contribution in [0.2, 0.25) is 0 Å². The Morgan fingerprint density at radius 3 is 2.46 bits per heavy atom. The molecule has 6 heteroatoms. The Bertz CT molecular complexity index is 775. The number of phenols is 1. The number of nitrogens with two attached hydrogens (primary N) is 1. The Hall–Kier alpha value is -2.89. The zero-order valence-electron chi connectivity index (χ0n) is 14.7. The molecular formula is C20H23FN2O3. The average Bonchev–Trinajstić information content (AvgIpc) is 2.58. The molecule has 26 heavy (non-hydrogen) atoms. The molecule has 4 N–H and O–H groups in total. The first-order chi connectivity index (χ1) is 12.4. The van der Waals surface area contributed by atoms with Crippen LogP contribution < -0.4 is 11.1 Å². The van der Waals surface area contributed by atoms with Gasteiger partial charge in [0.25, 0.3) is 0 Å². The molecule has 0 saturated carbocycles. The maximum absolute atomic E-state index is 13.1. The highest BCUT2D eigenvalue weighted by Gasteiger charge is 2.21. The van der Waals surface area contributed by atoms with Crippen LogP contribution in [0.5, 0.6) is 5.75 Å². The van der Waals surface area contributed by atoms with Crippen molar-refractivity contribution < 1.29 is 19.1 Å². The van der Waals surface area contributed by atoms with Crippen molar-refractivity contribution >= 4 is 17.5 Å². The van der Waals surface area contributed by atoms with E-state index in [9.17, 15) is 19.1 Å². The quantitative estimate of drug-likeness (QED) is 0.630. The van der Waals surface area contributed by atoms with Crippen molar-refractivity contribution in [2.24, 2.45) is 5.73 Å². The maximum Gasteiger partial charge on any atom is 0.225 e. The number of carbonyl (C=O) groups excluding carboxylic acids is 2. The molecule has 0 heterocycles. The predicted octanol–water partition coefficient (Wildman–Crippen LogP) is 3.61. The molecule has 0 aliphatic carbocycles. The largest absolute Gasteiger partial charge is 0.508 e. The molecule has 5 nitrogen and oxygen atoms in total. The van der Waals surface area contributed by atoms with Crippen LogP contribution in [0.25, 0.3) is 0 Å².